The van der Waals surface area contributed by atoms with Crippen molar-refractivity contribution < 1.29 is 13.5 Å². The molecule has 0 aliphatic heterocycles. The molecule has 0 saturated heterocycles. The molecule has 0 aliphatic carbocycles. The lowest BCUT2D eigenvalue weighted by molar-refractivity contribution is 0.397. The highest BCUT2D eigenvalue weighted by Gasteiger charge is 2.03. The highest BCUT2D eigenvalue weighted by atomic mass is 19.1. The third kappa shape index (κ3) is 3.72. The number of pyridine rings is 1. The first-order valence-corrected chi connectivity index (χ1v) is 5.82. The van der Waals surface area contributed by atoms with E-state index in [0.717, 1.165) is 11.6 Å². The van der Waals surface area contributed by atoms with Gasteiger partial charge in [0.2, 0.25) is 5.88 Å². The molecule has 0 spiro atoms. The van der Waals surface area contributed by atoms with Gasteiger partial charge in [0.25, 0.3) is 0 Å². The normalized spacial score (nSPS) is 10.5. The number of halogens is 2. The van der Waals surface area contributed by atoms with Crippen LogP contribution in [0, 0.1) is 11.6 Å². The lowest BCUT2D eigenvalue weighted by Crippen LogP contribution is -2.14. The van der Waals surface area contributed by atoms with E-state index in [4.69, 9.17) is 4.74 Å². The Hall–Kier alpha value is -2.01. The molecule has 0 fully saturated rings. The molecule has 3 nitrogen and oxygen atoms in total. The van der Waals surface area contributed by atoms with Crippen LogP contribution in [0.4, 0.5) is 8.78 Å². The van der Waals surface area contributed by atoms with Gasteiger partial charge in [-0.2, -0.15) is 0 Å². The van der Waals surface area contributed by atoms with Crippen molar-refractivity contribution in [1.29, 1.82) is 0 Å². The Morgan fingerprint density at radius 2 is 2.00 bits per heavy atom. The fourth-order valence-electron chi connectivity index (χ4n) is 1.64. The maximum absolute atomic E-state index is 13.4. The van der Waals surface area contributed by atoms with E-state index in [2.05, 4.69) is 10.3 Å². The third-order valence-corrected chi connectivity index (χ3v) is 2.67. The Bertz CT molecular complexity index is 544. The summed E-state index contributed by atoms with van der Waals surface area (Å²) >= 11 is 0. The fourth-order valence-corrected chi connectivity index (χ4v) is 1.64. The van der Waals surface area contributed by atoms with Gasteiger partial charge in [0.1, 0.15) is 11.6 Å². The molecule has 0 saturated carbocycles. The number of hydrogen-bond acceptors (Lipinski definition) is 3. The molecule has 0 aliphatic rings. The molecule has 0 amide bonds. The van der Waals surface area contributed by atoms with Crippen molar-refractivity contribution in [3.05, 3.63) is 59.3 Å². The van der Waals surface area contributed by atoms with Crippen LogP contribution in [-0.4, -0.2) is 12.1 Å². The fraction of sp³-hybridized carbons (Fsp3) is 0.214. The zero-order valence-electron chi connectivity index (χ0n) is 10.5. The van der Waals surface area contributed by atoms with Crippen molar-refractivity contribution >= 4 is 0 Å². The predicted molar refractivity (Wildman–Crippen MR) is 67.7 cm³/mol. The first-order valence-electron chi connectivity index (χ1n) is 5.82. The Morgan fingerprint density at radius 3 is 2.63 bits per heavy atom. The standard InChI is InChI=1S/C14H14F2N2O/c1-19-14-5-2-10(8-18-14)7-17-9-11-3-4-12(15)6-13(11)16/h2-6,8,17H,7,9H2,1H3. The summed E-state index contributed by atoms with van der Waals surface area (Å²) in [6.45, 7) is 0.881. The van der Waals surface area contributed by atoms with Crippen molar-refractivity contribution in [2.75, 3.05) is 7.11 Å². The smallest absolute Gasteiger partial charge is 0.212 e. The molecular weight excluding hydrogens is 250 g/mol. The van der Waals surface area contributed by atoms with Crippen LogP contribution in [0.5, 0.6) is 5.88 Å². The molecule has 0 atom stereocenters. The van der Waals surface area contributed by atoms with Gasteiger partial charge in [-0.15, -0.1) is 0 Å². The number of rotatable bonds is 5. The zero-order chi connectivity index (χ0) is 13.7. The third-order valence-electron chi connectivity index (χ3n) is 2.67. The van der Waals surface area contributed by atoms with Crippen LogP contribution in [0.15, 0.2) is 36.5 Å². The van der Waals surface area contributed by atoms with E-state index < -0.39 is 11.6 Å². The number of benzene rings is 1. The minimum atomic E-state index is -0.569. The minimum absolute atomic E-state index is 0.331. The van der Waals surface area contributed by atoms with Crippen LogP contribution in [-0.2, 0) is 13.1 Å². The van der Waals surface area contributed by atoms with E-state index in [1.54, 1.807) is 19.4 Å². The van der Waals surface area contributed by atoms with Gasteiger partial charge in [-0.25, -0.2) is 13.8 Å². The lowest BCUT2D eigenvalue weighted by Gasteiger charge is -2.06. The van der Waals surface area contributed by atoms with Crippen LogP contribution in [0.25, 0.3) is 0 Å². The first kappa shape index (κ1) is 13.4. The molecule has 1 aromatic carbocycles. The second kappa shape index (κ2) is 6.24. The van der Waals surface area contributed by atoms with Crippen LogP contribution >= 0.6 is 0 Å². The van der Waals surface area contributed by atoms with Gasteiger partial charge in [0.15, 0.2) is 0 Å². The topological polar surface area (TPSA) is 34.1 Å². The predicted octanol–water partition coefficient (Wildman–Crippen LogP) is 2.66. The maximum atomic E-state index is 13.4. The Labute approximate surface area is 110 Å². The summed E-state index contributed by atoms with van der Waals surface area (Å²) in [5.41, 5.74) is 1.39. The molecule has 0 bridgehead atoms. The van der Waals surface area contributed by atoms with Gasteiger partial charge in [-0.3, -0.25) is 0 Å². The lowest BCUT2D eigenvalue weighted by atomic mass is 10.2. The van der Waals surface area contributed by atoms with E-state index in [1.165, 1.54) is 12.1 Å². The van der Waals surface area contributed by atoms with Gasteiger partial charge < -0.3 is 10.1 Å². The monoisotopic (exact) mass is 264 g/mol. The molecule has 100 valence electrons. The van der Waals surface area contributed by atoms with Crippen LogP contribution in [0.1, 0.15) is 11.1 Å². The average Bonchev–Trinajstić information content (AvgIpc) is 2.42. The molecule has 19 heavy (non-hydrogen) atoms. The van der Waals surface area contributed by atoms with Crippen molar-refractivity contribution in [1.82, 2.24) is 10.3 Å². The highest BCUT2D eigenvalue weighted by Crippen LogP contribution is 2.10. The van der Waals surface area contributed by atoms with Crippen LogP contribution in [0.3, 0.4) is 0 Å². The second-order valence-electron chi connectivity index (χ2n) is 4.05. The van der Waals surface area contributed by atoms with Crippen molar-refractivity contribution in [3.8, 4) is 5.88 Å². The Balaban J connectivity index is 1.88. The average molecular weight is 264 g/mol. The summed E-state index contributed by atoms with van der Waals surface area (Å²) in [5, 5.41) is 3.07. The molecule has 1 heterocycles. The number of nitrogens with one attached hydrogen (secondary N) is 1. The molecule has 1 N–H and O–H groups in total. The second-order valence-corrected chi connectivity index (χ2v) is 4.05. The SMILES string of the molecule is COc1ccc(CNCc2ccc(F)cc2F)cn1. The van der Waals surface area contributed by atoms with E-state index >= 15 is 0 Å². The van der Waals surface area contributed by atoms with Crippen molar-refractivity contribution in [2.45, 2.75) is 13.1 Å². The van der Waals surface area contributed by atoms with Crippen LogP contribution < -0.4 is 10.1 Å². The van der Waals surface area contributed by atoms with Gasteiger partial charge in [-0.05, 0) is 11.6 Å². The van der Waals surface area contributed by atoms with E-state index in [9.17, 15) is 8.78 Å². The number of aromatic nitrogens is 1. The zero-order valence-corrected chi connectivity index (χ0v) is 10.5. The van der Waals surface area contributed by atoms with Gasteiger partial charge in [0, 0.05) is 37.0 Å². The summed E-state index contributed by atoms with van der Waals surface area (Å²) < 4.78 is 31.0. The van der Waals surface area contributed by atoms with Gasteiger partial charge >= 0.3 is 0 Å². The largest absolute Gasteiger partial charge is 0.481 e. The highest BCUT2D eigenvalue weighted by molar-refractivity contribution is 5.20. The van der Waals surface area contributed by atoms with Gasteiger partial charge in [0.05, 0.1) is 7.11 Å². The Morgan fingerprint density at radius 1 is 1.16 bits per heavy atom. The molecule has 0 radical (unpaired) electrons. The number of hydrogen-bond donors (Lipinski definition) is 1. The number of nitrogens with zero attached hydrogens (tertiary/aromatic N) is 1. The summed E-state index contributed by atoms with van der Waals surface area (Å²) in [6, 6.07) is 7.19. The van der Waals surface area contributed by atoms with Gasteiger partial charge in [-0.1, -0.05) is 12.1 Å². The van der Waals surface area contributed by atoms with Crippen molar-refractivity contribution in [3.63, 3.8) is 0 Å². The van der Waals surface area contributed by atoms with E-state index in [-0.39, 0.29) is 0 Å². The summed E-state index contributed by atoms with van der Waals surface area (Å²) in [7, 11) is 1.55. The first-order chi connectivity index (χ1) is 9.19. The molecule has 1 aromatic heterocycles. The van der Waals surface area contributed by atoms with Crippen LogP contribution in [0.2, 0.25) is 0 Å². The molecule has 2 rings (SSSR count). The number of ether oxygens (including phenoxy) is 1. The van der Waals surface area contributed by atoms with E-state index in [1.807, 2.05) is 6.07 Å². The number of methoxy groups -OCH3 is 1. The summed E-state index contributed by atoms with van der Waals surface area (Å²) in [4.78, 5) is 4.07. The van der Waals surface area contributed by atoms with E-state index in [0.29, 0.717) is 24.5 Å². The molecular formula is C14H14F2N2O. The minimum Gasteiger partial charge on any atom is -0.481 e. The summed E-state index contributed by atoms with van der Waals surface area (Å²) in [6.07, 6.45) is 1.69. The molecule has 0 unspecified atom stereocenters. The summed E-state index contributed by atoms with van der Waals surface area (Å²) in [5.74, 6) is -0.561. The molecule has 2 aromatic rings. The van der Waals surface area contributed by atoms with Crippen molar-refractivity contribution in [2.24, 2.45) is 0 Å². The quantitative estimate of drug-likeness (QED) is 0.901. The Kier molecular flexibility index (Phi) is 4.41. The molecule has 5 heteroatoms. The maximum Gasteiger partial charge on any atom is 0.212 e.